The van der Waals surface area contributed by atoms with Crippen molar-refractivity contribution >= 4 is 23.2 Å². The van der Waals surface area contributed by atoms with E-state index < -0.39 is 0 Å². The standard InChI is InChI=1S/C20H24ClNO/c21-15-11-13-16(14-12-15)22-20(23)19-17-9-7-5-3-1-2-4-6-8-10-18(17)19/h3-6,11-14,17-19H,1-2,7-10H2,(H,22,23)/t17-,18+,19?. The van der Waals surface area contributed by atoms with E-state index in [2.05, 4.69) is 29.6 Å². The van der Waals surface area contributed by atoms with E-state index in [1.54, 1.807) is 0 Å². The van der Waals surface area contributed by atoms with E-state index in [0.29, 0.717) is 16.9 Å². The van der Waals surface area contributed by atoms with E-state index in [-0.39, 0.29) is 11.8 Å². The van der Waals surface area contributed by atoms with Crippen molar-refractivity contribution < 1.29 is 4.79 Å². The molecule has 3 atom stereocenters. The number of carbonyl (C=O) groups is 1. The van der Waals surface area contributed by atoms with Gasteiger partial charge in [-0.15, -0.1) is 0 Å². The molecule has 1 unspecified atom stereocenters. The lowest BCUT2D eigenvalue weighted by molar-refractivity contribution is -0.117. The Bertz CT molecular complexity index is 566. The van der Waals surface area contributed by atoms with E-state index in [4.69, 9.17) is 11.6 Å². The summed E-state index contributed by atoms with van der Waals surface area (Å²) in [7, 11) is 0. The topological polar surface area (TPSA) is 29.1 Å². The number of hydrogen-bond acceptors (Lipinski definition) is 1. The van der Waals surface area contributed by atoms with Crippen molar-refractivity contribution in [3.63, 3.8) is 0 Å². The molecule has 122 valence electrons. The summed E-state index contributed by atoms with van der Waals surface area (Å²) in [5.74, 6) is 1.43. The van der Waals surface area contributed by atoms with Gasteiger partial charge in [0.05, 0.1) is 0 Å². The zero-order valence-electron chi connectivity index (χ0n) is 13.4. The minimum atomic E-state index is 0.171. The molecule has 1 aromatic carbocycles. The summed E-state index contributed by atoms with van der Waals surface area (Å²) in [6, 6.07) is 7.34. The van der Waals surface area contributed by atoms with Crippen LogP contribution < -0.4 is 5.32 Å². The smallest absolute Gasteiger partial charge is 0.228 e. The average Bonchev–Trinajstić information content (AvgIpc) is 3.22. The molecule has 3 rings (SSSR count). The quantitative estimate of drug-likeness (QED) is 0.702. The molecular weight excluding hydrogens is 306 g/mol. The highest BCUT2D eigenvalue weighted by Crippen LogP contribution is 2.52. The minimum absolute atomic E-state index is 0.171. The molecule has 0 bridgehead atoms. The Hall–Kier alpha value is -1.54. The van der Waals surface area contributed by atoms with Gasteiger partial charge in [0.25, 0.3) is 0 Å². The van der Waals surface area contributed by atoms with E-state index in [9.17, 15) is 4.79 Å². The molecule has 0 aromatic heterocycles. The predicted octanol–water partition coefficient (Wildman–Crippen LogP) is 5.61. The second-order valence-electron chi connectivity index (χ2n) is 6.52. The van der Waals surface area contributed by atoms with Gasteiger partial charge in [-0.25, -0.2) is 0 Å². The molecule has 0 spiro atoms. The SMILES string of the molecule is O=C(Nc1ccc(Cl)cc1)C1[C@H]2CCC=CCCC=CCC[C@@H]12. The summed E-state index contributed by atoms with van der Waals surface area (Å²) in [6.45, 7) is 0. The molecular formula is C20H24ClNO. The van der Waals surface area contributed by atoms with Gasteiger partial charge in [0.15, 0.2) is 0 Å². The number of amides is 1. The summed E-state index contributed by atoms with van der Waals surface area (Å²) in [5, 5.41) is 3.74. The van der Waals surface area contributed by atoms with Crippen LogP contribution in [0.4, 0.5) is 5.69 Å². The third-order valence-electron chi connectivity index (χ3n) is 4.91. The normalized spacial score (nSPS) is 27.4. The molecule has 1 saturated carbocycles. The van der Waals surface area contributed by atoms with Crippen molar-refractivity contribution in [3.05, 3.63) is 53.6 Å². The predicted molar refractivity (Wildman–Crippen MR) is 96.5 cm³/mol. The molecule has 1 N–H and O–H groups in total. The van der Waals surface area contributed by atoms with E-state index in [0.717, 1.165) is 44.2 Å². The van der Waals surface area contributed by atoms with E-state index in [1.165, 1.54) is 0 Å². The fourth-order valence-corrected chi connectivity index (χ4v) is 3.75. The molecule has 2 nitrogen and oxygen atoms in total. The van der Waals surface area contributed by atoms with Gasteiger partial charge in [-0.1, -0.05) is 35.9 Å². The van der Waals surface area contributed by atoms with Crippen LogP contribution in [0, 0.1) is 17.8 Å². The zero-order chi connectivity index (χ0) is 16.1. The number of anilines is 1. The van der Waals surface area contributed by atoms with Gasteiger partial charge in [-0.2, -0.15) is 0 Å². The Labute approximate surface area is 143 Å². The lowest BCUT2D eigenvalue weighted by Crippen LogP contribution is -2.15. The lowest BCUT2D eigenvalue weighted by Gasteiger charge is -2.05. The maximum absolute atomic E-state index is 12.6. The molecule has 1 amide bonds. The number of rotatable bonds is 2. The van der Waals surface area contributed by atoms with Crippen molar-refractivity contribution in [3.8, 4) is 0 Å². The number of hydrogen-bond donors (Lipinski definition) is 1. The number of benzene rings is 1. The fourth-order valence-electron chi connectivity index (χ4n) is 3.62. The van der Waals surface area contributed by atoms with Gasteiger partial charge < -0.3 is 5.32 Å². The highest BCUT2D eigenvalue weighted by molar-refractivity contribution is 6.30. The Balaban J connectivity index is 1.60. The Morgan fingerprint density at radius 1 is 0.870 bits per heavy atom. The van der Waals surface area contributed by atoms with Crippen molar-refractivity contribution in [1.29, 1.82) is 0 Å². The maximum atomic E-state index is 12.6. The van der Waals surface area contributed by atoms with E-state index >= 15 is 0 Å². The summed E-state index contributed by atoms with van der Waals surface area (Å²) in [4.78, 5) is 12.6. The molecule has 1 fully saturated rings. The van der Waals surface area contributed by atoms with Gasteiger partial charge in [-0.3, -0.25) is 4.79 Å². The van der Waals surface area contributed by atoms with Crippen LogP contribution in [-0.4, -0.2) is 5.91 Å². The second kappa shape index (κ2) is 7.83. The first-order chi connectivity index (χ1) is 11.3. The highest BCUT2D eigenvalue weighted by Gasteiger charge is 2.52. The second-order valence-corrected chi connectivity index (χ2v) is 6.96. The van der Waals surface area contributed by atoms with Crippen molar-refractivity contribution in [2.45, 2.75) is 38.5 Å². The first-order valence-corrected chi connectivity index (χ1v) is 9.00. The Morgan fingerprint density at radius 2 is 1.39 bits per heavy atom. The van der Waals surface area contributed by atoms with Gasteiger partial charge in [-0.05, 0) is 74.6 Å². The van der Waals surface area contributed by atoms with E-state index in [1.807, 2.05) is 24.3 Å². The number of allylic oxidation sites excluding steroid dienone is 4. The molecule has 3 heteroatoms. The number of nitrogens with one attached hydrogen (secondary N) is 1. The van der Waals surface area contributed by atoms with Crippen LogP contribution in [0.1, 0.15) is 38.5 Å². The highest BCUT2D eigenvalue weighted by atomic mass is 35.5. The molecule has 0 aliphatic heterocycles. The monoisotopic (exact) mass is 329 g/mol. The Morgan fingerprint density at radius 3 is 1.96 bits per heavy atom. The maximum Gasteiger partial charge on any atom is 0.228 e. The van der Waals surface area contributed by atoms with Crippen molar-refractivity contribution in [1.82, 2.24) is 0 Å². The van der Waals surface area contributed by atoms with Gasteiger partial charge in [0.2, 0.25) is 5.91 Å². The molecule has 23 heavy (non-hydrogen) atoms. The molecule has 0 saturated heterocycles. The van der Waals surface area contributed by atoms with Crippen LogP contribution in [0.2, 0.25) is 5.02 Å². The van der Waals surface area contributed by atoms with Crippen molar-refractivity contribution in [2.24, 2.45) is 17.8 Å². The van der Waals surface area contributed by atoms with Crippen LogP contribution in [0.3, 0.4) is 0 Å². The summed E-state index contributed by atoms with van der Waals surface area (Å²) < 4.78 is 0. The van der Waals surface area contributed by atoms with Gasteiger partial charge >= 0.3 is 0 Å². The first kappa shape index (κ1) is 16.3. The first-order valence-electron chi connectivity index (χ1n) is 8.62. The van der Waals surface area contributed by atoms with Crippen LogP contribution in [0.15, 0.2) is 48.6 Å². The molecule has 2 aliphatic rings. The van der Waals surface area contributed by atoms with Crippen LogP contribution in [0.25, 0.3) is 0 Å². The fraction of sp³-hybridized carbons (Fsp3) is 0.450. The average molecular weight is 330 g/mol. The third kappa shape index (κ3) is 4.48. The van der Waals surface area contributed by atoms with Gasteiger partial charge in [0, 0.05) is 16.6 Å². The minimum Gasteiger partial charge on any atom is -0.326 e. The number of halogens is 1. The van der Waals surface area contributed by atoms with Crippen molar-refractivity contribution in [2.75, 3.05) is 5.32 Å². The zero-order valence-corrected chi connectivity index (χ0v) is 14.1. The Kier molecular flexibility index (Phi) is 5.56. The van der Waals surface area contributed by atoms with Crippen LogP contribution >= 0.6 is 11.6 Å². The van der Waals surface area contributed by atoms with Gasteiger partial charge in [0.1, 0.15) is 0 Å². The third-order valence-corrected chi connectivity index (χ3v) is 5.16. The van der Waals surface area contributed by atoms with Crippen LogP contribution in [0.5, 0.6) is 0 Å². The molecule has 2 aliphatic carbocycles. The molecule has 1 aromatic rings. The summed E-state index contributed by atoms with van der Waals surface area (Å²) in [6.07, 6.45) is 15.8. The largest absolute Gasteiger partial charge is 0.326 e. The lowest BCUT2D eigenvalue weighted by atomic mass is 10.1. The molecule has 0 heterocycles. The molecule has 0 radical (unpaired) electrons. The van der Waals surface area contributed by atoms with Crippen LogP contribution in [-0.2, 0) is 4.79 Å². The number of carbonyl (C=O) groups excluding carboxylic acids is 1. The summed E-state index contributed by atoms with van der Waals surface area (Å²) >= 11 is 5.89. The number of fused-ring (bicyclic) bond motifs is 1. The summed E-state index contributed by atoms with van der Waals surface area (Å²) in [5.41, 5.74) is 0.835.